The second kappa shape index (κ2) is 5.37. The summed E-state index contributed by atoms with van der Waals surface area (Å²) in [5, 5.41) is 4.87. The summed E-state index contributed by atoms with van der Waals surface area (Å²) in [7, 11) is 0. The van der Waals surface area contributed by atoms with E-state index in [1.807, 2.05) is 0 Å². The molecule has 0 saturated heterocycles. The van der Waals surface area contributed by atoms with E-state index in [2.05, 4.69) is 55.3 Å². The van der Waals surface area contributed by atoms with Gasteiger partial charge in [-0.05, 0) is 44.0 Å². The van der Waals surface area contributed by atoms with Gasteiger partial charge in [-0.15, -0.1) is 0 Å². The third-order valence-corrected chi connectivity index (χ3v) is 3.13. The molecule has 0 radical (unpaired) electrons. The Kier molecular flexibility index (Phi) is 3.85. The summed E-state index contributed by atoms with van der Waals surface area (Å²) in [6.45, 7) is 8.80. The van der Waals surface area contributed by atoms with Crippen molar-refractivity contribution in [3.8, 4) is 0 Å². The largest absolute Gasteiger partial charge is 0.358 e. The van der Waals surface area contributed by atoms with Gasteiger partial charge in [0, 0.05) is 16.6 Å². The summed E-state index contributed by atoms with van der Waals surface area (Å²) in [6, 6.07) is 8.55. The lowest BCUT2D eigenvalue weighted by molar-refractivity contribution is 0.554. The minimum atomic E-state index is 0.721. The van der Waals surface area contributed by atoms with E-state index in [9.17, 15) is 0 Å². The first-order valence-corrected chi connectivity index (χ1v) is 6.45. The molecule has 0 spiro atoms. The summed E-state index contributed by atoms with van der Waals surface area (Å²) < 4.78 is 0. The predicted molar refractivity (Wildman–Crippen MR) is 74.4 cm³/mol. The van der Waals surface area contributed by atoms with Crippen molar-refractivity contribution < 1.29 is 0 Å². The quantitative estimate of drug-likeness (QED) is 0.758. The molecule has 0 saturated carbocycles. The standard InChI is InChI=1S/C15H22N2/c1-11(2)10-16-9-8-13-12(3)17-15-7-5-4-6-14(13)15/h4-7,11,16-17H,8-10H2,1-3H3. The van der Waals surface area contributed by atoms with Gasteiger partial charge in [-0.1, -0.05) is 32.0 Å². The molecule has 0 amide bonds. The predicted octanol–water partition coefficient (Wildman–Crippen LogP) is 3.26. The van der Waals surface area contributed by atoms with Gasteiger partial charge in [0.25, 0.3) is 0 Å². The molecule has 2 aromatic rings. The Balaban J connectivity index is 2.05. The highest BCUT2D eigenvalue weighted by atomic mass is 14.8. The molecule has 0 aliphatic carbocycles. The number of aryl methyl sites for hydroxylation is 1. The van der Waals surface area contributed by atoms with Crippen LogP contribution in [-0.2, 0) is 6.42 Å². The van der Waals surface area contributed by atoms with Crippen LogP contribution in [0.15, 0.2) is 24.3 Å². The molecule has 17 heavy (non-hydrogen) atoms. The third kappa shape index (κ3) is 2.89. The maximum atomic E-state index is 3.50. The normalized spacial score (nSPS) is 11.5. The first-order valence-electron chi connectivity index (χ1n) is 6.45. The monoisotopic (exact) mass is 230 g/mol. The van der Waals surface area contributed by atoms with Crippen molar-refractivity contribution in [2.45, 2.75) is 27.2 Å². The van der Waals surface area contributed by atoms with Crippen molar-refractivity contribution in [3.05, 3.63) is 35.5 Å². The first kappa shape index (κ1) is 12.2. The highest BCUT2D eigenvalue weighted by molar-refractivity contribution is 5.84. The van der Waals surface area contributed by atoms with E-state index < -0.39 is 0 Å². The molecule has 0 bridgehead atoms. The van der Waals surface area contributed by atoms with Crippen LogP contribution in [0.3, 0.4) is 0 Å². The summed E-state index contributed by atoms with van der Waals surface area (Å²) in [4.78, 5) is 3.45. The maximum Gasteiger partial charge on any atom is 0.0458 e. The topological polar surface area (TPSA) is 27.8 Å². The van der Waals surface area contributed by atoms with Crippen LogP contribution in [0.5, 0.6) is 0 Å². The fraction of sp³-hybridized carbons (Fsp3) is 0.467. The molecule has 1 aromatic heterocycles. The van der Waals surface area contributed by atoms with Crippen LogP contribution in [0.25, 0.3) is 10.9 Å². The van der Waals surface area contributed by atoms with Crippen LogP contribution in [0.4, 0.5) is 0 Å². The SMILES string of the molecule is Cc1[nH]c2ccccc2c1CCNCC(C)C. The van der Waals surface area contributed by atoms with E-state index in [4.69, 9.17) is 0 Å². The second-order valence-electron chi connectivity index (χ2n) is 5.12. The van der Waals surface area contributed by atoms with Gasteiger partial charge in [0.2, 0.25) is 0 Å². The Labute approximate surface area is 103 Å². The highest BCUT2D eigenvalue weighted by Gasteiger charge is 2.06. The average Bonchev–Trinajstić information content (AvgIpc) is 2.60. The van der Waals surface area contributed by atoms with Crippen LogP contribution >= 0.6 is 0 Å². The van der Waals surface area contributed by atoms with Gasteiger partial charge in [-0.3, -0.25) is 0 Å². The van der Waals surface area contributed by atoms with E-state index in [0.29, 0.717) is 0 Å². The zero-order valence-corrected chi connectivity index (χ0v) is 11.0. The Morgan fingerprint density at radius 2 is 2.00 bits per heavy atom. The molecule has 0 fully saturated rings. The lowest BCUT2D eigenvalue weighted by Crippen LogP contribution is -2.22. The third-order valence-electron chi connectivity index (χ3n) is 3.13. The Morgan fingerprint density at radius 1 is 1.24 bits per heavy atom. The lowest BCUT2D eigenvalue weighted by atomic mass is 10.1. The molecular formula is C15H22N2. The maximum absolute atomic E-state index is 3.50. The number of hydrogen-bond donors (Lipinski definition) is 2. The number of H-pyrrole nitrogens is 1. The van der Waals surface area contributed by atoms with Crippen LogP contribution in [-0.4, -0.2) is 18.1 Å². The van der Waals surface area contributed by atoms with E-state index in [0.717, 1.165) is 25.4 Å². The van der Waals surface area contributed by atoms with Gasteiger partial charge < -0.3 is 10.3 Å². The minimum Gasteiger partial charge on any atom is -0.358 e. The number of benzene rings is 1. The zero-order valence-electron chi connectivity index (χ0n) is 11.0. The molecule has 0 unspecified atom stereocenters. The van der Waals surface area contributed by atoms with E-state index in [1.165, 1.54) is 22.2 Å². The number of hydrogen-bond acceptors (Lipinski definition) is 1. The first-order chi connectivity index (χ1) is 8.18. The average molecular weight is 230 g/mol. The minimum absolute atomic E-state index is 0.721. The summed E-state index contributed by atoms with van der Waals surface area (Å²) in [5.41, 5.74) is 4.01. The van der Waals surface area contributed by atoms with Crippen molar-refractivity contribution in [2.75, 3.05) is 13.1 Å². The summed E-state index contributed by atoms with van der Waals surface area (Å²) >= 11 is 0. The number of rotatable bonds is 5. The Morgan fingerprint density at radius 3 is 2.76 bits per heavy atom. The molecule has 0 aliphatic heterocycles. The number of aromatic amines is 1. The molecule has 0 aliphatic rings. The molecule has 2 rings (SSSR count). The molecule has 2 heteroatoms. The fourth-order valence-corrected chi connectivity index (χ4v) is 2.26. The second-order valence-corrected chi connectivity index (χ2v) is 5.12. The number of nitrogens with one attached hydrogen (secondary N) is 2. The molecule has 1 heterocycles. The van der Waals surface area contributed by atoms with Crippen LogP contribution in [0.1, 0.15) is 25.1 Å². The number of aromatic nitrogens is 1. The van der Waals surface area contributed by atoms with Crippen LogP contribution in [0, 0.1) is 12.8 Å². The molecule has 2 N–H and O–H groups in total. The van der Waals surface area contributed by atoms with Gasteiger partial charge in [0.1, 0.15) is 0 Å². The van der Waals surface area contributed by atoms with Gasteiger partial charge in [-0.25, -0.2) is 0 Å². The molecule has 2 nitrogen and oxygen atoms in total. The van der Waals surface area contributed by atoms with Crippen LogP contribution < -0.4 is 5.32 Å². The van der Waals surface area contributed by atoms with Crippen molar-refractivity contribution >= 4 is 10.9 Å². The van der Waals surface area contributed by atoms with E-state index in [-0.39, 0.29) is 0 Å². The van der Waals surface area contributed by atoms with Crippen molar-refractivity contribution in [3.63, 3.8) is 0 Å². The smallest absolute Gasteiger partial charge is 0.0458 e. The molecular weight excluding hydrogens is 208 g/mol. The van der Waals surface area contributed by atoms with Crippen molar-refractivity contribution in [1.29, 1.82) is 0 Å². The highest BCUT2D eigenvalue weighted by Crippen LogP contribution is 2.21. The van der Waals surface area contributed by atoms with E-state index >= 15 is 0 Å². The van der Waals surface area contributed by atoms with E-state index in [1.54, 1.807) is 0 Å². The van der Waals surface area contributed by atoms with Crippen LogP contribution in [0.2, 0.25) is 0 Å². The molecule has 0 atom stereocenters. The number of fused-ring (bicyclic) bond motifs is 1. The van der Waals surface area contributed by atoms with Gasteiger partial charge in [-0.2, -0.15) is 0 Å². The Bertz CT molecular complexity index is 483. The Hall–Kier alpha value is -1.28. The van der Waals surface area contributed by atoms with Gasteiger partial charge in [0.05, 0.1) is 0 Å². The fourth-order valence-electron chi connectivity index (χ4n) is 2.26. The summed E-state index contributed by atoms with van der Waals surface area (Å²) in [6.07, 6.45) is 1.10. The van der Waals surface area contributed by atoms with Crippen molar-refractivity contribution in [1.82, 2.24) is 10.3 Å². The zero-order chi connectivity index (χ0) is 12.3. The van der Waals surface area contributed by atoms with Crippen molar-refractivity contribution in [2.24, 2.45) is 5.92 Å². The van der Waals surface area contributed by atoms with Gasteiger partial charge >= 0.3 is 0 Å². The summed E-state index contributed by atoms with van der Waals surface area (Å²) in [5.74, 6) is 0.721. The van der Waals surface area contributed by atoms with Gasteiger partial charge in [0.15, 0.2) is 0 Å². The molecule has 92 valence electrons. The lowest BCUT2D eigenvalue weighted by Gasteiger charge is -2.07. The molecule has 1 aromatic carbocycles. The number of para-hydroxylation sites is 1.